The average molecular weight is 338 g/mol. The first-order valence-corrected chi connectivity index (χ1v) is 9.12. The molecule has 3 nitrogen and oxygen atoms in total. The number of hydrogen-bond donors (Lipinski definition) is 0. The van der Waals surface area contributed by atoms with E-state index in [-0.39, 0.29) is 5.97 Å². The Bertz CT molecular complexity index is 459. The van der Waals surface area contributed by atoms with E-state index in [0.717, 1.165) is 31.6 Å². The summed E-state index contributed by atoms with van der Waals surface area (Å²) in [5.41, 5.74) is 0.844. The van der Waals surface area contributed by atoms with Crippen LogP contribution in [0.15, 0.2) is 42.0 Å². The molecule has 0 saturated heterocycles. The van der Waals surface area contributed by atoms with E-state index < -0.39 is 0 Å². The molecule has 1 heterocycles. The van der Waals surface area contributed by atoms with Gasteiger partial charge in [0.1, 0.15) is 0 Å². The SMILES string of the molecule is CCOC(=O)C1=CCN(CC[Se]c2ccccc2)CC1. The van der Waals surface area contributed by atoms with Crippen molar-refractivity contribution in [1.82, 2.24) is 4.90 Å². The molecule has 0 unspecified atom stereocenters. The summed E-state index contributed by atoms with van der Waals surface area (Å²) in [6.45, 7) is 5.26. The summed E-state index contributed by atoms with van der Waals surface area (Å²) in [7, 11) is 0. The molecule has 108 valence electrons. The Morgan fingerprint density at radius 1 is 1.35 bits per heavy atom. The van der Waals surface area contributed by atoms with E-state index in [9.17, 15) is 4.79 Å². The van der Waals surface area contributed by atoms with Gasteiger partial charge in [0.2, 0.25) is 0 Å². The molecule has 20 heavy (non-hydrogen) atoms. The number of rotatable bonds is 6. The van der Waals surface area contributed by atoms with Crippen LogP contribution in [0.25, 0.3) is 0 Å². The minimum atomic E-state index is -0.138. The third-order valence-electron chi connectivity index (χ3n) is 3.25. The second-order valence-electron chi connectivity index (χ2n) is 4.66. The normalized spacial score (nSPS) is 15.8. The van der Waals surface area contributed by atoms with Gasteiger partial charge >= 0.3 is 127 Å². The second kappa shape index (κ2) is 8.25. The fraction of sp³-hybridized carbons (Fsp3) is 0.438. The molecular formula is C16H21NO2Se. The summed E-state index contributed by atoms with van der Waals surface area (Å²) in [6.07, 6.45) is 2.84. The van der Waals surface area contributed by atoms with Crippen molar-refractivity contribution in [2.24, 2.45) is 0 Å². The van der Waals surface area contributed by atoms with Gasteiger partial charge < -0.3 is 0 Å². The van der Waals surface area contributed by atoms with Crippen LogP contribution >= 0.6 is 0 Å². The number of ether oxygens (including phenoxy) is 1. The monoisotopic (exact) mass is 339 g/mol. The Labute approximate surface area is 127 Å². The van der Waals surface area contributed by atoms with Crippen molar-refractivity contribution in [3.8, 4) is 0 Å². The molecule has 0 N–H and O–H groups in total. The predicted molar refractivity (Wildman–Crippen MR) is 82.4 cm³/mol. The van der Waals surface area contributed by atoms with Crippen LogP contribution in [0, 0.1) is 0 Å². The van der Waals surface area contributed by atoms with Gasteiger partial charge in [-0.25, -0.2) is 0 Å². The molecule has 1 aromatic rings. The van der Waals surface area contributed by atoms with E-state index in [1.165, 1.54) is 9.78 Å². The van der Waals surface area contributed by atoms with Crippen molar-refractivity contribution >= 4 is 25.4 Å². The van der Waals surface area contributed by atoms with Crippen LogP contribution < -0.4 is 4.46 Å². The molecular weight excluding hydrogens is 317 g/mol. The summed E-state index contributed by atoms with van der Waals surface area (Å²) in [6, 6.07) is 10.7. The Morgan fingerprint density at radius 3 is 2.80 bits per heavy atom. The molecule has 0 saturated carbocycles. The van der Waals surface area contributed by atoms with Gasteiger partial charge in [-0.3, -0.25) is 0 Å². The Morgan fingerprint density at radius 2 is 2.15 bits per heavy atom. The van der Waals surface area contributed by atoms with Gasteiger partial charge in [0, 0.05) is 0 Å². The maximum absolute atomic E-state index is 11.6. The fourth-order valence-corrected chi connectivity index (χ4v) is 4.09. The molecule has 0 spiro atoms. The Kier molecular flexibility index (Phi) is 6.31. The Balaban J connectivity index is 1.70. The first kappa shape index (κ1) is 15.3. The number of benzene rings is 1. The van der Waals surface area contributed by atoms with Crippen molar-refractivity contribution in [2.75, 3.05) is 26.2 Å². The van der Waals surface area contributed by atoms with Gasteiger partial charge in [-0.2, -0.15) is 0 Å². The first-order chi connectivity index (χ1) is 9.79. The molecule has 0 atom stereocenters. The maximum atomic E-state index is 11.6. The summed E-state index contributed by atoms with van der Waals surface area (Å²) < 4.78 is 6.49. The number of hydrogen-bond acceptors (Lipinski definition) is 3. The predicted octanol–water partition coefficient (Wildman–Crippen LogP) is 1.63. The summed E-state index contributed by atoms with van der Waals surface area (Å²) in [5.74, 6) is -0.138. The van der Waals surface area contributed by atoms with Crippen LogP contribution in [-0.2, 0) is 9.53 Å². The minimum absolute atomic E-state index is 0.138. The van der Waals surface area contributed by atoms with Gasteiger partial charge in [0.15, 0.2) is 0 Å². The van der Waals surface area contributed by atoms with E-state index in [2.05, 4.69) is 35.2 Å². The quantitative estimate of drug-likeness (QED) is 0.583. The molecule has 0 bridgehead atoms. The van der Waals surface area contributed by atoms with Crippen molar-refractivity contribution in [3.63, 3.8) is 0 Å². The molecule has 0 amide bonds. The average Bonchev–Trinajstić information content (AvgIpc) is 2.49. The summed E-state index contributed by atoms with van der Waals surface area (Å²) in [4.78, 5) is 14.0. The van der Waals surface area contributed by atoms with Crippen molar-refractivity contribution in [1.29, 1.82) is 0 Å². The van der Waals surface area contributed by atoms with Crippen LogP contribution in [0.4, 0.5) is 0 Å². The van der Waals surface area contributed by atoms with Crippen LogP contribution in [0.3, 0.4) is 0 Å². The topological polar surface area (TPSA) is 29.5 Å². The third-order valence-corrected chi connectivity index (χ3v) is 5.33. The van der Waals surface area contributed by atoms with Crippen molar-refractivity contribution in [3.05, 3.63) is 42.0 Å². The molecule has 0 aliphatic carbocycles. The van der Waals surface area contributed by atoms with Gasteiger partial charge in [-0.1, -0.05) is 0 Å². The molecule has 0 fully saturated rings. The van der Waals surface area contributed by atoms with Crippen LogP contribution in [0.5, 0.6) is 0 Å². The first-order valence-electron chi connectivity index (χ1n) is 7.06. The van der Waals surface area contributed by atoms with E-state index >= 15 is 0 Å². The zero-order chi connectivity index (χ0) is 14.2. The van der Waals surface area contributed by atoms with Crippen LogP contribution in [-0.4, -0.2) is 52.1 Å². The zero-order valence-electron chi connectivity index (χ0n) is 11.9. The summed E-state index contributed by atoms with van der Waals surface area (Å²) in [5, 5.41) is 1.22. The number of esters is 1. The van der Waals surface area contributed by atoms with Crippen molar-refractivity contribution < 1.29 is 9.53 Å². The molecule has 1 aliphatic heterocycles. The van der Waals surface area contributed by atoms with E-state index in [1.54, 1.807) is 0 Å². The number of nitrogens with zero attached hydrogens (tertiary/aromatic N) is 1. The van der Waals surface area contributed by atoms with Gasteiger partial charge in [0.25, 0.3) is 0 Å². The van der Waals surface area contributed by atoms with Crippen LogP contribution in [0.2, 0.25) is 5.32 Å². The van der Waals surface area contributed by atoms with Crippen molar-refractivity contribution in [2.45, 2.75) is 18.7 Å². The number of carbonyl (C=O) groups excluding carboxylic acids is 1. The van der Waals surface area contributed by atoms with Gasteiger partial charge in [-0.05, 0) is 0 Å². The fourth-order valence-electron chi connectivity index (χ4n) is 2.13. The van der Waals surface area contributed by atoms with Crippen LogP contribution in [0.1, 0.15) is 13.3 Å². The molecule has 0 radical (unpaired) electrons. The van der Waals surface area contributed by atoms with Gasteiger partial charge in [-0.15, -0.1) is 0 Å². The molecule has 4 heteroatoms. The second-order valence-corrected chi connectivity index (χ2v) is 7.11. The van der Waals surface area contributed by atoms with Gasteiger partial charge in [0.05, 0.1) is 0 Å². The third kappa shape index (κ3) is 4.78. The molecule has 0 aromatic heterocycles. The zero-order valence-corrected chi connectivity index (χ0v) is 13.6. The Hall–Kier alpha value is -1.09. The summed E-state index contributed by atoms with van der Waals surface area (Å²) >= 11 is 0.548. The van der Waals surface area contributed by atoms with E-state index in [1.807, 2.05) is 13.0 Å². The van der Waals surface area contributed by atoms with E-state index in [4.69, 9.17) is 4.74 Å². The standard InChI is InChI=1S/C16H21NO2Se/c1-2-19-16(18)14-8-10-17(11-9-14)12-13-20-15-6-4-3-5-7-15/h3-8H,2,9-13H2,1H3. The number of carbonyl (C=O) groups is 1. The molecule has 1 aliphatic rings. The van der Waals surface area contributed by atoms with E-state index in [0.29, 0.717) is 21.6 Å². The molecule has 2 rings (SSSR count). The molecule has 1 aromatic carbocycles.